The van der Waals surface area contributed by atoms with Gasteiger partial charge in [0.2, 0.25) is 0 Å². The Morgan fingerprint density at radius 3 is 2.71 bits per heavy atom. The Hall–Kier alpha value is -3.34. The SMILES string of the molecule is CCOC(=O)/C=C1\CC2C(=C(c3ccccc3)O1)C(=O)Oc1ccc(C)cc12. The van der Waals surface area contributed by atoms with Gasteiger partial charge in [-0.15, -0.1) is 0 Å². The van der Waals surface area contributed by atoms with Gasteiger partial charge in [0.15, 0.2) is 0 Å². The summed E-state index contributed by atoms with van der Waals surface area (Å²) in [6.07, 6.45) is 1.74. The van der Waals surface area contributed by atoms with Crippen LogP contribution in [-0.2, 0) is 19.1 Å². The highest BCUT2D eigenvalue weighted by Gasteiger charge is 2.40. The van der Waals surface area contributed by atoms with Crippen LogP contribution in [-0.4, -0.2) is 18.5 Å². The molecule has 5 nitrogen and oxygen atoms in total. The number of esters is 2. The second kappa shape index (κ2) is 7.35. The summed E-state index contributed by atoms with van der Waals surface area (Å²) < 4.78 is 16.6. The maximum absolute atomic E-state index is 12.8. The molecular weight excluding hydrogens is 356 g/mol. The van der Waals surface area contributed by atoms with E-state index < -0.39 is 11.9 Å². The predicted octanol–water partition coefficient (Wildman–Crippen LogP) is 4.28. The fourth-order valence-electron chi connectivity index (χ4n) is 3.59. The molecular formula is C23H20O5. The van der Waals surface area contributed by atoms with Crippen molar-refractivity contribution < 1.29 is 23.8 Å². The molecule has 28 heavy (non-hydrogen) atoms. The van der Waals surface area contributed by atoms with Crippen molar-refractivity contribution in [3.05, 3.63) is 82.6 Å². The standard InChI is InChI=1S/C23H20O5/c1-3-26-20(24)13-16-12-18-17-11-14(2)9-10-19(17)28-23(25)21(18)22(27-16)15-7-5-4-6-8-15/h4-11,13,18H,3,12H2,1-2H3/b16-13+. The molecule has 142 valence electrons. The van der Waals surface area contributed by atoms with E-state index in [1.165, 1.54) is 6.08 Å². The second-order valence-electron chi connectivity index (χ2n) is 6.76. The van der Waals surface area contributed by atoms with Gasteiger partial charge in [0.05, 0.1) is 18.3 Å². The monoisotopic (exact) mass is 376 g/mol. The maximum Gasteiger partial charge on any atom is 0.343 e. The van der Waals surface area contributed by atoms with Crippen molar-refractivity contribution in [2.75, 3.05) is 6.61 Å². The Labute approximate surface area is 163 Å². The van der Waals surface area contributed by atoms with Crippen molar-refractivity contribution in [2.24, 2.45) is 0 Å². The molecule has 2 aromatic rings. The summed E-state index contributed by atoms with van der Waals surface area (Å²) in [6, 6.07) is 15.1. The second-order valence-corrected chi connectivity index (χ2v) is 6.76. The summed E-state index contributed by atoms with van der Waals surface area (Å²) in [6.45, 7) is 4.03. The van der Waals surface area contributed by atoms with E-state index in [-0.39, 0.29) is 12.5 Å². The van der Waals surface area contributed by atoms with E-state index in [1.807, 2.05) is 55.5 Å². The molecule has 2 heterocycles. The number of allylic oxidation sites excluding steroid dienone is 1. The molecule has 0 N–H and O–H groups in total. The zero-order valence-electron chi connectivity index (χ0n) is 15.7. The summed E-state index contributed by atoms with van der Waals surface area (Å²) in [5.41, 5.74) is 3.22. The molecule has 0 fully saturated rings. The molecule has 0 bridgehead atoms. The number of aryl methyl sites for hydroxylation is 1. The number of hydrogen-bond donors (Lipinski definition) is 0. The first-order valence-electron chi connectivity index (χ1n) is 9.24. The van der Waals surface area contributed by atoms with Crippen LogP contribution >= 0.6 is 0 Å². The lowest BCUT2D eigenvalue weighted by molar-refractivity contribution is -0.137. The van der Waals surface area contributed by atoms with E-state index in [2.05, 4.69) is 0 Å². The molecule has 4 rings (SSSR count). The molecule has 2 aromatic carbocycles. The molecule has 5 heteroatoms. The zero-order valence-corrected chi connectivity index (χ0v) is 15.7. The maximum atomic E-state index is 12.8. The fourth-order valence-corrected chi connectivity index (χ4v) is 3.59. The van der Waals surface area contributed by atoms with Gasteiger partial charge >= 0.3 is 11.9 Å². The minimum absolute atomic E-state index is 0.249. The number of fused-ring (bicyclic) bond motifs is 3. The smallest absolute Gasteiger partial charge is 0.343 e. The Morgan fingerprint density at radius 2 is 1.96 bits per heavy atom. The molecule has 0 aromatic heterocycles. The van der Waals surface area contributed by atoms with Crippen molar-refractivity contribution in [1.29, 1.82) is 0 Å². The molecule has 0 radical (unpaired) electrons. The van der Waals surface area contributed by atoms with E-state index in [9.17, 15) is 9.59 Å². The van der Waals surface area contributed by atoms with Gasteiger partial charge in [-0.3, -0.25) is 0 Å². The van der Waals surface area contributed by atoms with Gasteiger partial charge in [-0.2, -0.15) is 0 Å². The van der Waals surface area contributed by atoms with Gasteiger partial charge in [-0.1, -0.05) is 48.0 Å². The Morgan fingerprint density at radius 1 is 1.18 bits per heavy atom. The van der Waals surface area contributed by atoms with Crippen molar-refractivity contribution in [3.63, 3.8) is 0 Å². The van der Waals surface area contributed by atoms with Crippen molar-refractivity contribution in [1.82, 2.24) is 0 Å². The summed E-state index contributed by atoms with van der Waals surface area (Å²) in [7, 11) is 0. The first-order chi connectivity index (χ1) is 13.6. The van der Waals surface area contributed by atoms with Crippen LogP contribution in [0.25, 0.3) is 5.76 Å². The molecule has 0 saturated carbocycles. The van der Waals surface area contributed by atoms with Crippen molar-refractivity contribution >= 4 is 17.7 Å². The third-order valence-electron chi connectivity index (χ3n) is 4.80. The molecule has 0 saturated heterocycles. The number of carbonyl (C=O) groups excluding carboxylic acids is 2. The van der Waals surface area contributed by atoms with E-state index >= 15 is 0 Å². The minimum Gasteiger partial charge on any atom is -0.463 e. The number of benzene rings is 2. The number of hydrogen-bond acceptors (Lipinski definition) is 5. The van der Waals surface area contributed by atoms with Crippen LogP contribution in [0.3, 0.4) is 0 Å². The molecule has 0 aliphatic carbocycles. The number of carbonyl (C=O) groups is 2. The van der Waals surface area contributed by atoms with E-state index in [1.54, 1.807) is 6.92 Å². The lowest BCUT2D eigenvalue weighted by Crippen LogP contribution is -2.29. The van der Waals surface area contributed by atoms with Crippen LogP contribution in [0.15, 0.2) is 65.9 Å². The highest BCUT2D eigenvalue weighted by atomic mass is 16.5. The average molecular weight is 376 g/mol. The highest BCUT2D eigenvalue weighted by Crippen LogP contribution is 2.48. The van der Waals surface area contributed by atoms with E-state index in [4.69, 9.17) is 14.2 Å². The lowest BCUT2D eigenvalue weighted by atomic mass is 9.81. The first kappa shape index (κ1) is 18.0. The normalized spacial score (nSPS) is 19.4. The molecule has 2 aliphatic heterocycles. The zero-order chi connectivity index (χ0) is 19.7. The first-order valence-corrected chi connectivity index (χ1v) is 9.24. The van der Waals surface area contributed by atoms with Gasteiger partial charge in [0.1, 0.15) is 17.3 Å². The third kappa shape index (κ3) is 3.31. The summed E-state index contributed by atoms with van der Waals surface area (Å²) in [5, 5.41) is 0. The lowest BCUT2D eigenvalue weighted by Gasteiger charge is -2.33. The van der Waals surface area contributed by atoms with Crippen LogP contribution < -0.4 is 4.74 Å². The molecule has 1 atom stereocenters. The van der Waals surface area contributed by atoms with Gasteiger partial charge in [-0.25, -0.2) is 9.59 Å². The van der Waals surface area contributed by atoms with Crippen LogP contribution in [0.2, 0.25) is 0 Å². The summed E-state index contributed by atoms with van der Waals surface area (Å²) >= 11 is 0. The summed E-state index contributed by atoms with van der Waals surface area (Å²) in [4.78, 5) is 24.8. The van der Waals surface area contributed by atoms with Crippen LogP contribution in [0.4, 0.5) is 0 Å². The minimum atomic E-state index is -0.462. The van der Waals surface area contributed by atoms with Gasteiger partial charge in [0, 0.05) is 23.5 Å². The molecule has 0 amide bonds. The average Bonchev–Trinajstić information content (AvgIpc) is 2.69. The topological polar surface area (TPSA) is 61.8 Å². The van der Waals surface area contributed by atoms with Gasteiger partial charge < -0.3 is 14.2 Å². The van der Waals surface area contributed by atoms with E-state index in [0.717, 1.165) is 16.7 Å². The van der Waals surface area contributed by atoms with Crippen molar-refractivity contribution in [3.8, 4) is 5.75 Å². The van der Waals surface area contributed by atoms with Gasteiger partial charge in [-0.05, 0) is 19.9 Å². The Bertz CT molecular complexity index is 1000. The predicted molar refractivity (Wildman–Crippen MR) is 103 cm³/mol. The number of ether oxygens (including phenoxy) is 3. The van der Waals surface area contributed by atoms with Gasteiger partial charge in [0.25, 0.3) is 0 Å². The van der Waals surface area contributed by atoms with E-state index in [0.29, 0.717) is 29.3 Å². The third-order valence-corrected chi connectivity index (χ3v) is 4.80. The molecule has 0 spiro atoms. The Balaban J connectivity index is 1.88. The largest absolute Gasteiger partial charge is 0.463 e. The van der Waals surface area contributed by atoms with Crippen LogP contribution in [0.1, 0.15) is 36.0 Å². The molecule has 2 aliphatic rings. The highest BCUT2D eigenvalue weighted by molar-refractivity contribution is 6.01. The quantitative estimate of drug-likeness (QED) is 0.455. The Kier molecular flexibility index (Phi) is 4.74. The number of rotatable bonds is 3. The van der Waals surface area contributed by atoms with Crippen molar-refractivity contribution in [2.45, 2.75) is 26.2 Å². The molecule has 1 unspecified atom stereocenters. The fraction of sp³-hybridized carbons (Fsp3) is 0.217. The summed E-state index contributed by atoms with van der Waals surface area (Å²) in [5.74, 6) is 0.305. The van der Waals surface area contributed by atoms with Crippen LogP contribution in [0.5, 0.6) is 5.75 Å². The van der Waals surface area contributed by atoms with Crippen LogP contribution in [0, 0.1) is 6.92 Å².